The minimum Gasteiger partial charge on any atom is -0.503 e. The minimum absolute atomic E-state index is 0.270. The summed E-state index contributed by atoms with van der Waals surface area (Å²) in [4.78, 5) is 15.7. The van der Waals surface area contributed by atoms with Crippen molar-refractivity contribution in [2.24, 2.45) is 0 Å². The largest absolute Gasteiger partial charge is 0.503 e. The molecular weight excluding hydrogens is 397 g/mol. The zero-order chi connectivity index (χ0) is 21.3. The predicted molar refractivity (Wildman–Crippen MR) is 119 cm³/mol. The van der Waals surface area contributed by atoms with E-state index in [2.05, 4.69) is 0 Å². The quantitative estimate of drug-likeness (QED) is 0.523. The highest BCUT2D eigenvalue weighted by Crippen LogP contribution is 2.44. The molecule has 1 heterocycles. The van der Waals surface area contributed by atoms with Gasteiger partial charge >= 0.3 is 0 Å². The molecule has 152 valence electrons. The standard InChI is InChI=1S/C25H22FNO2S/c1-16-7-11-18(12-8-16)22-23(20-5-3-4-6-21(20)26)27(25(29)24(22)28)15-17-9-13-19(30-2)14-10-17/h3-14,23,28H,15H2,1-2H3/t23-/m1/s1. The Morgan fingerprint density at radius 3 is 2.30 bits per heavy atom. The van der Waals surface area contributed by atoms with E-state index >= 15 is 0 Å². The molecule has 0 bridgehead atoms. The van der Waals surface area contributed by atoms with Gasteiger partial charge in [0.15, 0.2) is 5.76 Å². The van der Waals surface area contributed by atoms with Crippen LogP contribution in [0.3, 0.4) is 0 Å². The lowest BCUT2D eigenvalue weighted by molar-refractivity contribution is -0.130. The summed E-state index contributed by atoms with van der Waals surface area (Å²) in [5.41, 5.74) is 3.49. The van der Waals surface area contributed by atoms with Gasteiger partial charge in [0.2, 0.25) is 0 Å². The maximum absolute atomic E-state index is 14.8. The zero-order valence-electron chi connectivity index (χ0n) is 16.8. The normalized spacial score (nSPS) is 16.4. The lowest BCUT2D eigenvalue weighted by Crippen LogP contribution is -2.30. The van der Waals surface area contributed by atoms with Gasteiger partial charge in [-0.15, -0.1) is 11.8 Å². The molecule has 1 atom stereocenters. The Morgan fingerprint density at radius 1 is 1.00 bits per heavy atom. The van der Waals surface area contributed by atoms with Crippen molar-refractivity contribution < 1.29 is 14.3 Å². The molecule has 3 aromatic rings. The van der Waals surface area contributed by atoms with E-state index in [1.165, 1.54) is 11.0 Å². The van der Waals surface area contributed by atoms with Crippen molar-refractivity contribution in [2.45, 2.75) is 24.4 Å². The molecule has 0 aromatic heterocycles. The average molecular weight is 420 g/mol. The third-order valence-corrected chi connectivity index (χ3v) is 6.12. The number of thioether (sulfide) groups is 1. The Kier molecular flexibility index (Phi) is 5.64. The van der Waals surface area contributed by atoms with Crippen molar-refractivity contribution in [1.29, 1.82) is 0 Å². The Hall–Kier alpha value is -3.05. The van der Waals surface area contributed by atoms with Gasteiger partial charge in [0.25, 0.3) is 5.91 Å². The Bertz CT molecular complexity index is 1110. The molecule has 0 aliphatic carbocycles. The summed E-state index contributed by atoms with van der Waals surface area (Å²) >= 11 is 1.64. The topological polar surface area (TPSA) is 40.5 Å². The minimum atomic E-state index is -0.707. The van der Waals surface area contributed by atoms with Crippen LogP contribution in [0.4, 0.5) is 4.39 Å². The number of aliphatic hydroxyl groups excluding tert-OH is 1. The first kappa shape index (κ1) is 20.2. The van der Waals surface area contributed by atoms with Gasteiger partial charge in [-0.25, -0.2) is 4.39 Å². The highest BCUT2D eigenvalue weighted by atomic mass is 32.2. The third-order valence-electron chi connectivity index (χ3n) is 5.38. The second kappa shape index (κ2) is 8.36. The van der Waals surface area contributed by atoms with E-state index in [4.69, 9.17) is 0 Å². The van der Waals surface area contributed by atoms with Gasteiger partial charge in [-0.2, -0.15) is 0 Å². The summed E-state index contributed by atoms with van der Waals surface area (Å²) in [5, 5.41) is 10.8. The number of rotatable bonds is 5. The van der Waals surface area contributed by atoms with Crippen molar-refractivity contribution in [3.05, 3.63) is 107 Å². The number of carbonyl (C=O) groups is 1. The van der Waals surface area contributed by atoms with Crippen LogP contribution in [-0.4, -0.2) is 22.2 Å². The smallest absolute Gasteiger partial charge is 0.290 e. The molecule has 30 heavy (non-hydrogen) atoms. The van der Waals surface area contributed by atoms with Crippen LogP contribution in [-0.2, 0) is 11.3 Å². The number of carbonyl (C=O) groups excluding carboxylic acids is 1. The first-order chi connectivity index (χ1) is 14.5. The predicted octanol–water partition coefficient (Wildman–Crippen LogP) is 5.91. The number of hydrogen-bond donors (Lipinski definition) is 1. The first-order valence-electron chi connectivity index (χ1n) is 9.68. The second-order valence-corrected chi connectivity index (χ2v) is 8.21. The molecule has 0 saturated carbocycles. The van der Waals surface area contributed by atoms with Gasteiger partial charge < -0.3 is 10.0 Å². The van der Waals surface area contributed by atoms with Crippen LogP contribution in [0.1, 0.15) is 28.3 Å². The summed E-state index contributed by atoms with van der Waals surface area (Å²) < 4.78 is 14.8. The molecule has 5 heteroatoms. The van der Waals surface area contributed by atoms with E-state index in [1.807, 2.05) is 61.7 Å². The number of amides is 1. The van der Waals surface area contributed by atoms with Crippen molar-refractivity contribution in [2.75, 3.05) is 6.26 Å². The number of benzene rings is 3. The van der Waals surface area contributed by atoms with Gasteiger partial charge in [-0.3, -0.25) is 4.79 Å². The molecule has 1 amide bonds. The average Bonchev–Trinajstić information content (AvgIpc) is 3.00. The van der Waals surface area contributed by atoms with Gasteiger partial charge in [-0.05, 0) is 42.5 Å². The zero-order valence-corrected chi connectivity index (χ0v) is 17.6. The van der Waals surface area contributed by atoms with E-state index in [1.54, 1.807) is 30.0 Å². The lowest BCUT2D eigenvalue weighted by atomic mass is 9.92. The first-order valence-corrected chi connectivity index (χ1v) is 10.9. The number of nitrogens with zero attached hydrogens (tertiary/aromatic N) is 1. The Morgan fingerprint density at radius 2 is 1.67 bits per heavy atom. The third kappa shape index (κ3) is 3.73. The van der Waals surface area contributed by atoms with E-state index in [0.29, 0.717) is 16.7 Å². The van der Waals surface area contributed by atoms with Crippen LogP contribution < -0.4 is 0 Å². The summed E-state index contributed by atoms with van der Waals surface area (Å²) in [6, 6.07) is 21.2. The van der Waals surface area contributed by atoms with E-state index in [0.717, 1.165) is 16.0 Å². The number of aryl methyl sites for hydroxylation is 1. The van der Waals surface area contributed by atoms with Crippen LogP contribution >= 0.6 is 11.8 Å². The molecule has 4 rings (SSSR count). The Labute approximate surface area is 179 Å². The monoisotopic (exact) mass is 419 g/mol. The van der Waals surface area contributed by atoms with Crippen LogP contribution in [0, 0.1) is 12.7 Å². The second-order valence-electron chi connectivity index (χ2n) is 7.33. The molecule has 0 saturated heterocycles. The van der Waals surface area contributed by atoms with Crippen molar-refractivity contribution in [3.8, 4) is 0 Å². The van der Waals surface area contributed by atoms with Crippen LogP contribution in [0.2, 0.25) is 0 Å². The van der Waals surface area contributed by atoms with Gasteiger partial charge in [0.05, 0.1) is 6.04 Å². The molecule has 0 radical (unpaired) electrons. The lowest BCUT2D eigenvalue weighted by Gasteiger charge is -2.28. The number of hydrogen-bond acceptors (Lipinski definition) is 3. The Balaban J connectivity index is 1.80. The molecular formula is C25H22FNO2S. The molecule has 1 aliphatic heterocycles. The fraction of sp³-hybridized carbons (Fsp3) is 0.160. The maximum Gasteiger partial charge on any atom is 0.290 e. The van der Waals surface area contributed by atoms with Gasteiger partial charge in [0, 0.05) is 22.6 Å². The fourth-order valence-electron chi connectivity index (χ4n) is 3.79. The summed E-state index contributed by atoms with van der Waals surface area (Å²) in [5.74, 6) is -1.22. The molecule has 0 fully saturated rings. The summed E-state index contributed by atoms with van der Waals surface area (Å²) in [6.07, 6.45) is 2.00. The molecule has 1 aliphatic rings. The summed E-state index contributed by atoms with van der Waals surface area (Å²) in [6.45, 7) is 2.24. The molecule has 1 N–H and O–H groups in total. The molecule has 3 aromatic carbocycles. The van der Waals surface area contributed by atoms with Crippen molar-refractivity contribution >= 4 is 23.2 Å². The number of aliphatic hydroxyl groups is 1. The van der Waals surface area contributed by atoms with Crippen molar-refractivity contribution in [1.82, 2.24) is 4.90 Å². The SMILES string of the molecule is CSc1ccc(CN2C(=O)C(O)=C(c3ccc(C)cc3)[C@H]2c2ccccc2F)cc1. The fourth-order valence-corrected chi connectivity index (χ4v) is 4.20. The van der Waals surface area contributed by atoms with E-state index < -0.39 is 17.8 Å². The van der Waals surface area contributed by atoms with E-state index in [-0.39, 0.29) is 12.3 Å². The van der Waals surface area contributed by atoms with Crippen LogP contribution in [0.25, 0.3) is 5.57 Å². The maximum atomic E-state index is 14.8. The van der Waals surface area contributed by atoms with Crippen LogP contribution in [0.5, 0.6) is 0 Å². The molecule has 3 nitrogen and oxygen atoms in total. The molecule has 0 spiro atoms. The van der Waals surface area contributed by atoms with E-state index in [9.17, 15) is 14.3 Å². The van der Waals surface area contributed by atoms with Gasteiger partial charge in [-0.1, -0.05) is 60.2 Å². The van der Waals surface area contributed by atoms with Crippen molar-refractivity contribution in [3.63, 3.8) is 0 Å². The highest BCUT2D eigenvalue weighted by molar-refractivity contribution is 7.98. The molecule has 0 unspecified atom stereocenters. The highest BCUT2D eigenvalue weighted by Gasteiger charge is 2.42. The van der Waals surface area contributed by atoms with Gasteiger partial charge in [0.1, 0.15) is 5.82 Å². The summed E-state index contributed by atoms with van der Waals surface area (Å²) in [7, 11) is 0. The number of halogens is 1. The van der Waals surface area contributed by atoms with Crippen LogP contribution in [0.15, 0.2) is 83.5 Å².